The number of anilines is 1. The Morgan fingerprint density at radius 2 is 2.00 bits per heavy atom. The van der Waals surface area contributed by atoms with Crippen molar-refractivity contribution in [2.24, 2.45) is 11.1 Å². The summed E-state index contributed by atoms with van der Waals surface area (Å²) in [5, 5.41) is 0. The van der Waals surface area contributed by atoms with E-state index < -0.39 is 6.04 Å². The van der Waals surface area contributed by atoms with Crippen molar-refractivity contribution in [3.63, 3.8) is 0 Å². The van der Waals surface area contributed by atoms with Crippen LogP contribution in [0.3, 0.4) is 0 Å². The molecule has 0 aromatic heterocycles. The Kier molecular flexibility index (Phi) is 3.88. The minimum atomic E-state index is -0.615. The molecule has 0 heterocycles. The topological polar surface area (TPSA) is 46.3 Å². The number of hydrogen-bond donors (Lipinski definition) is 1. The molecule has 0 saturated heterocycles. The number of nitrogens with zero attached hydrogens (tertiary/aromatic N) is 1. The average Bonchev–Trinajstić information content (AvgIpc) is 2.25. The van der Waals surface area contributed by atoms with Gasteiger partial charge in [0.25, 0.3) is 0 Å². The summed E-state index contributed by atoms with van der Waals surface area (Å²) in [6.45, 7) is 5.69. The van der Waals surface area contributed by atoms with Gasteiger partial charge in [-0.2, -0.15) is 0 Å². The first-order valence-corrected chi connectivity index (χ1v) is 5.52. The van der Waals surface area contributed by atoms with Crippen LogP contribution in [0.5, 0.6) is 0 Å². The van der Waals surface area contributed by atoms with E-state index in [1.54, 1.807) is 19.2 Å². The van der Waals surface area contributed by atoms with Gasteiger partial charge in [0.05, 0.1) is 6.04 Å². The molecule has 1 rings (SSSR count). The number of benzene rings is 1. The van der Waals surface area contributed by atoms with Crippen molar-refractivity contribution in [1.82, 2.24) is 0 Å². The van der Waals surface area contributed by atoms with Gasteiger partial charge in [-0.05, 0) is 23.6 Å². The standard InChI is InChI=1S/C13H19FN2O/c1-13(2,3)11(15)12(17)16(4)10-7-5-6-9(14)8-10/h5-8,11H,15H2,1-4H3/t11-/m1/s1. The molecule has 4 heteroatoms. The molecule has 1 atom stereocenters. The second-order valence-corrected chi connectivity index (χ2v) is 5.22. The number of likely N-dealkylation sites (N-methyl/N-ethyl adjacent to an activating group) is 1. The Hall–Kier alpha value is -1.42. The molecule has 94 valence electrons. The third-order valence-electron chi connectivity index (χ3n) is 2.73. The Balaban J connectivity index is 2.91. The lowest BCUT2D eigenvalue weighted by Gasteiger charge is -2.30. The van der Waals surface area contributed by atoms with E-state index >= 15 is 0 Å². The fraction of sp³-hybridized carbons (Fsp3) is 0.462. The minimum Gasteiger partial charge on any atom is -0.319 e. The summed E-state index contributed by atoms with van der Waals surface area (Å²) in [6.07, 6.45) is 0. The molecular weight excluding hydrogens is 219 g/mol. The Labute approximate surface area is 101 Å². The Morgan fingerprint density at radius 3 is 2.47 bits per heavy atom. The molecule has 17 heavy (non-hydrogen) atoms. The Bertz CT molecular complexity index is 412. The second kappa shape index (κ2) is 4.84. The van der Waals surface area contributed by atoms with Gasteiger partial charge in [0.2, 0.25) is 5.91 Å². The molecule has 0 saturated carbocycles. The van der Waals surface area contributed by atoms with Crippen LogP contribution in [0.2, 0.25) is 0 Å². The van der Waals surface area contributed by atoms with Crippen LogP contribution in [0, 0.1) is 11.2 Å². The molecule has 1 aromatic carbocycles. The first-order chi connectivity index (χ1) is 7.73. The highest BCUT2D eigenvalue weighted by molar-refractivity contribution is 5.97. The van der Waals surface area contributed by atoms with E-state index in [9.17, 15) is 9.18 Å². The fourth-order valence-electron chi connectivity index (χ4n) is 1.39. The van der Waals surface area contributed by atoms with Crippen LogP contribution in [-0.4, -0.2) is 19.0 Å². The average molecular weight is 238 g/mol. The maximum atomic E-state index is 13.1. The van der Waals surface area contributed by atoms with Gasteiger partial charge in [0.15, 0.2) is 0 Å². The van der Waals surface area contributed by atoms with Gasteiger partial charge in [-0.1, -0.05) is 26.8 Å². The third-order valence-corrected chi connectivity index (χ3v) is 2.73. The van der Waals surface area contributed by atoms with E-state index in [0.29, 0.717) is 5.69 Å². The van der Waals surface area contributed by atoms with Crippen molar-refractivity contribution >= 4 is 11.6 Å². The van der Waals surface area contributed by atoms with Crippen LogP contribution in [0.1, 0.15) is 20.8 Å². The Morgan fingerprint density at radius 1 is 1.41 bits per heavy atom. The summed E-state index contributed by atoms with van der Waals surface area (Å²) in [5.41, 5.74) is 6.07. The highest BCUT2D eigenvalue weighted by atomic mass is 19.1. The number of hydrogen-bond acceptors (Lipinski definition) is 2. The van der Waals surface area contributed by atoms with Gasteiger partial charge < -0.3 is 10.6 Å². The predicted molar refractivity (Wildman–Crippen MR) is 67.2 cm³/mol. The second-order valence-electron chi connectivity index (χ2n) is 5.22. The van der Waals surface area contributed by atoms with Crippen LogP contribution in [0.4, 0.5) is 10.1 Å². The molecule has 0 aliphatic rings. The largest absolute Gasteiger partial charge is 0.319 e. The van der Waals surface area contributed by atoms with E-state index in [4.69, 9.17) is 5.73 Å². The number of carbonyl (C=O) groups is 1. The van der Waals surface area contributed by atoms with Crippen molar-refractivity contribution in [3.05, 3.63) is 30.1 Å². The van der Waals surface area contributed by atoms with Gasteiger partial charge in [-0.3, -0.25) is 4.79 Å². The summed E-state index contributed by atoms with van der Waals surface area (Å²) in [4.78, 5) is 13.5. The van der Waals surface area contributed by atoms with Gasteiger partial charge in [-0.25, -0.2) is 4.39 Å². The van der Waals surface area contributed by atoms with E-state index in [1.165, 1.54) is 17.0 Å². The molecule has 3 nitrogen and oxygen atoms in total. The molecule has 0 radical (unpaired) electrons. The smallest absolute Gasteiger partial charge is 0.244 e. The van der Waals surface area contributed by atoms with E-state index in [-0.39, 0.29) is 17.1 Å². The molecule has 0 aliphatic heterocycles. The van der Waals surface area contributed by atoms with Crippen molar-refractivity contribution in [3.8, 4) is 0 Å². The molecule has 0 unspecified atom stereocenters. The number of nitrogens with two attached hydrogens (primary N) is 1. The monoisotopic (exact) mass is 238 g/mol. The lowest BCUT2D eigenvalue weighted by molar-refractivity contribution is -0.121. The molecule has 0 spiro atoms. The molecule has 0 aliphatic carbocycles. The van der Waals surface area contributed by atoms with Gasteiger partial charge in [0, 0.05) is 12.7 Å². The molecule has 1 aromatic rings. The summed E-state index contributed by atoms with van der Waals surface area (Å²) in [7, 11) is 1.60. The maximum Gasteiger partial charge on any atom is 0.244 e. The third kappa shape index (κ3) is 3.27. The van der Waals surface area contributed by atoms with Crippen molar-refractivity contribution in [2.75, 3.05) is 11.9 Å². The van der Waals surface area contributed by atoms with Crippen molar-refractivity contribution in [2.45, 2.75) is 26.8 Å². The molecule has 1 amide bonds. The highest BCUT2D eigenvalue weighted by Gasteiger charge is 2.30. The van der Waals surface area contributed by atoms with E-state index in [0.717, 1.165) is 0 Å². The van der Waals surface area contributed by atoms with E-state index in [2.05, 4.69) is 0 Å². The van der Waals surface area contributed by atoms with Crippen LogP contribution < -0.4 is 10.6 Å². The normalized spacial score (nSPS) is 13.3. The summed E-state index contributed by atoms with van der Waals surface area (Å²) < 4.78 is 13.1. The molecule has 2 N–H and O–H groups in total. The zero-order valence-electron chi connectivity index (χ0n) is 10.7. The van der Waals surface area contributed by atoms with E-state index in [1.807, 2.05) is 20.8 Å². The summed E-state index contributed by atoms with van der Waals surface area (Å²) in [6, 6.07) is 5.28. The number of halogens is 1. The van der Waals surface area contributed by atoms with Crippen LogP contribution in [0.25, 0.3) is 0 Å². The van der Waals surface area contributed by atoms with Gasteiger partial charge >= 0.3 is 0 Å². The lowest BCUT2D eigenvalue weighted by Crippen LogP contribution is -2.49. The zero-order chi connectivity index (χ0) is 13.2. The van der Waals surface area contributed by atoms with Gasteiger partial charge in [0.1, 0.15) is 5.82 Å². The fourth-order valence-corrected chi connectivity index (χ4v) is 1.39. The van der Waals surface area contributed by atoms with Crippen LogP contribution in [-0.2, 0) is 4.79 Å². The zero-order valence-corrected chi connectivity index (χ0v) is 10.7. The molecule has 0 bridgehead atoms. The summed E-state index contributed by atoms with van der Waals surface area (Å²) >= 11 is 0. The SMILES string of the molecule is CN(C(=O)[C@@H](N)C(C)(C)C)c1cccc(F)c1. The van der Waals surface area contributed by atoms with Crippen LogP contribution in [0.15, 0.2) is 24.3 Å². The summed E-state index contributed by atoms with van der Waals surface area (Å²) in [5.74, 6) is -0.588. The molecule has 0 fully saturated rings. The number of carbonyl (C=O) groups excluding carboxylic acids is 1. The number of rotatable bonds is 2. The predicted octanol–water partition coefficient (Wildman–Crippen LogP) is 2.16. The first-order valence-electron chi connectivity index (χ1n) is 5.52. The lowest BCUT2D eigenvalue weighted by atomic mass is 9.86. The van der Waals surface area contributed by atoms with Gasteiger partial charge in [-0.15, -0.1) is 0 Å². The minimum absolute atomic E-state index is 0.219. The van der Waals surface area contributed by atoms with Crippen molar-refractivity contribution in [1.29, 1.82) is 0 Å². The quantitative estimate of drug-likeness (QED) is 0.858. The first kappa shape index (κ1) is 13.6. The molecular formula is C13H19FN2O. The maximum absolute atomic E-state index is 13.1. The van der Waals surface area contributed by atoms with Crippen LogP contribution >= 0.6 is 0 Å². The van der Waals surface area contributed by atoms with Crippen molar-refractivity contribution < 1.29 is 9.18 Å². The highest BCUT2D eigenvalue weighted by Crippen LogP contribution is 2.21. The number of amides is 1.